The van der Waals surface area contributed by atoms with Crippen molar-refractivity contribution in [1.29, 1.82) is 0 Å². The third-order valence-electron chi connectivity index (χ3n) is 8.35. The van der Waals surface area contributed by atoms with Crippen LogP contribution in [0.4, 0.5) is 0 Å². The van der Waals surface area contributed by atoms with Crippen molar-refractivity contribution in [2.24, 2.45) is 0 Å². The zero-order valence-corrected chi connectivity index (χ0v) is 29.4. The Kier molecular flexibility index (Phi) is 14.0. The van der Waals surface area contributed by atoms with Gasteiger partial charge in [0, 0.05) is 40.2 Å². The minimum absolute atomic E-state index is 0.00933. The first-order valence-corrected chi connectivity index (χ1v) is 16.9. The van der Waals surface area contributed by atoms with Crippen LogP contribution >= 0.6 is 0 Å². The summed E-state index contributed by atoms with van der Waals surface area (Å²) in [4.78, 5) is 74.9. The smallest absolute Gasteiger partial charge is 0.303 e. The molecule has 3 amide bonds. The van der Waals surface area contributed by atoms with E-state index in [1.54, 1.807) is 0 Å². The van der Waals surface area contributed by atoms with Gasteiger partial charge in [-0.05, 0) is 28.7 Å². The van der Waals surface area contributed by atoms with Gasteiger partial charge in [-0.3, -0.25) is 34.1 Å². The molecule has 1 aliphatic heterocycles. The normalized spacial score (nSPS) is 21.3. The second kappa shape index (κ2) is 18.4. The van der Waals surface area contributed by atoms with Gasteiger partial charge >= 0.3 is 17.9 Å². The van der Waals surface area contributed by atoms with E-state index in [4.69, 9.17) is 23.7 Å². The van der Waals surface area contributed by atoms with Gasteiger partial charge in [0.15, 0.2) is 18.4 Å². The number of nitrogens with one attached hydrogen (secondary N) is 4. The van der Waals surface area contributed by atoms with Crippen LogP contribution in [0.3, 0.4) is 0 Å². The zero-order chi connectivity index (χ0) is 37.1. The molecule has 2 aliphatic rings. The van der Waals surface area contributed by atoms with Crippen molar-refractivity contribution in [1.82, 2.24) is 21.3 Å². The molecule has 6 atom stereocenters. The highest BCUT2D eigenvalue weighted by Crippen LogP contribution is 2.44. The number of fused-ring (bicyclic) bond motifs is 3. The van der Waals surface area contributed by atoms with Crippen molar-refractivity contribution < 1.29 is 52.5 Å². The van der Waals surface area contributed by atoms with Gasteiger partial charge < -0.3 is 39.6 Å². The molecule has 0 aromatic heterocycles. The maximum Gasteiger partial charge on any atom is 0.303 e. The van der Waals surface area contributed by atoms with Gasteiger partial charge in [-0.25, -0.2) is 0 Å². The molecule has 15 nitrogen and oxygen atoms in total. The van der Waals surface area contributed by atoms with Crippen molar-refractivity contribution in [3.8, 4) is 11.1 Å². The van der Waals surface area contributed by atoms with Crippen molar-refractivity contribution in [2.75, 3.05) is 26.5 Å². The minimum Gasteiger partial charge on any atom is -0.463 e. The largest absolute Gasteiger partial charge is 0.463 e. The third kappa shape index (κ3) is 10.6. The highest BCUT2D eigenvalue weighted by molar-refractivity contribution is 5.88. The van der Waals surface area contributed by atoms with Crippen LogP contribution in [-0.4, -0.2) is 98.7 Å². The third-order valence-corrected chi connectivity index (χ3v) is 8.35. The summed E-state index contributed by atoms with van der Waals surface area (Å²) in [6, 6.07) is 14.0. The molecule has 0 radical (unpaired) electrons. The van der Waals surface area contributed by atoms with E-state index >= 15 is 0 Å². The molecule has 2 aromatic rings. The van der Waals surface area contributed by atoms with Gasteiger partial charge in [0.05, 0.1) is 25.8 Å². The summed E-state index contributed by atoms with van der Waals surface area (Å²) in [6.45, 7) is 6.75. The average molecular weight is 711 g/mol. The van der Waals surface area contributed by atoms with Crippen molar-refractivity contribution in [2.45, 2.75) is 90.0 Å². The summed E-state index contributed by atoms with van der Waals surface area (Å²) in [5, 5.41) is 11.1. The lowest BCUT2D eigenvalue weighted by atomic mass is 9.94. The molecule has 15 heteroatoms. The van der Waals surface area contributed by atoms with Gasteiger partial charge in [-0.2, -0.15) is 0 Å². The van der Waals surface area contributed by atoms with E-state index in [9.17, 15) is 28.8 Å². The number of esters is 3. The molecule has 2 aromatic carbocycles. The molecule has 1 saturated heterocycles. The van der Waals surface area contributed by atoms with Gasteiger partial charge in [-0.15, -0.1) is 0 Å². The lowest BCUT2D eigenvalue weighted by Crippen LogP contribution is -2.69. The molecule has 0 bridgehead atoms. The zero-order valence-electron chi connectivity index (χ0n) is 29.4. The Hall–Kier alpha value is -4.86. The first-order chi connectivity index (χ1) is 24.4. The van der Waals surface area contributed by atoms with Crippen LogP contribution in [0.2, 0.25) is 0 Å². The lowest BCUT2D eigenvalue weighted by molar-refractivity contribution is -0.228. The number of carbonyl (C=O) groups is 6. The summed E-state index contributed by atoms with van der Waals surface area (Å²) in [5.74, 6) is -3.87. The van der Waals surface area contributed by atoms with Gasteiger partial charge in [0.2, 0.25) is 17.7 Å². The quantitative estimate of drug-likeness (QED) is 0.0848. The Labute approximate surface area is 296 Å². The number of carbonyl (C=O) groups excluding carboxylic acids is 6. The molecule has 4 rings (SSSR count). The van der Waals surface area contributed by atoms with Gasteiger partial charge in [0.1, 0.15) is 18.8 Å². The lowest BCUT2D eigenvalue weighted by Gasteiger charge is -2.45. The summed E-state index contributed by atoms with van der Waals surface area (Å²) in [7, 11) is 0. The molecule has 1 fully saturated rings. The summed E-state index contributed by atoms with van der Waals surface area (Å²) in [5.41, 5.74) is 4.59. The molecule has 0 saturated carbocycles. The molecule has 276 valence electrons. The van der Waals surface area contributed by atoms with Crippen LogP contribution in [0.25, 0.3) is 11.1 Å². The molecule has 0 unspecified atom stereocenters. The summed E-state index contributed by atoms with van der Waals surface area (Å²) >= 11 is 0. The fraction of sp³-hybridized carbons (Fsp3) is 0.500. The summed E-state index contributed by atoms with van der Waals surface area (Å²) in [6.07, 6.45) is -4.95. The second-order valence-electron chi connectivity index (χ2n) is 12.3. The van der Waals surface area contributed by atoms with Crippen molar-refractivity contribution >= 4 is 35.6 Å². The van der Waals surface area contributed by atoms with Crippen molar-refractivity contribution in [3.63, 3.8) is 0 Å². The molecule has 4 N–H and O–H groups in total. The highest BCUT2D eigenvalue weighted by atomic mass is 16.6. The number of benzene rings is 2. The Balaban J connectivity index is 1.48. The fourth-order valence-corrected chi connectivity index (χ4v) is 6.26. The van der Waals surface area contributed by atoms with Crippen LogP contribution in [0, 0.1) is 0 Å². The monoisotopic (exact) mass is 710 g/mol. The van der Waals surface area contributed by atoms with Gasteiger partial charge in [-0.1, -0.05) is 55.5 Å². The predicted molar refractivity (Wildman–Crippen MR) is 182 cm³/mol. The number of hydrogen-bond donors (Lipinski definition) is 4. The van der Waals surface area contributed by atoms with E-state index in [0.717, 1.165) is 36.1 Å². The first-order valence-electron chi connectivity index (χ1n) is 16.9. The standard InChI is InChI=1S/C36H46N4O11/c1-6-15-37-35(46)29(38-19-47-17-28-26-13-9-7-11-24(26)25-12-8-10-14-27(25)28)16-31(45)40-36-32(39-20(2)41)34(50-23(5)44)33(49-22(4)43)30(51-36)18-48-21(3)42/h7-14,28-30,32-34,36,38H,6,15-19H2,1-5H3,(H,37,46)(H,39,41)(H,40,45)/t29-,30+,32+,33+,34+,36+/m0/s1. The molecule has 0 spiro atoms. The van der Waals surface area contributed by atoms with E-state index in [1.165, 1.54) is 13.8 Å². The Morgan fingerprint density at radius 1 is 0.784 bits per heavy atom. The Morgan fingerprint density at radius 3 is 1.96 bits per heavy atom. The maximum absolute atomic E-state index is 13.6. The van der Waals surface area contributed by atoms with Crippen LogP contribution in [0.1, 0.15) is 64.5 Å². The van der Waals surface area contributed by atoms with E-state index in [-0.39, 0.29) is 19.1 Å². The maximum atomic E-state index is 13.6. The number of ether oxygens (including phenoxy) is 5. The molecule has 1 aliphatic carbocycles. The fourth-order valence-electron chi connectivity index (χ4n) is 6.26. The van der Waals surface area contributed by atoms with E-state index in [0.29, 0.717) is 19.6 Å². The highest BCUT2D eigenvalue weighted by Gasteiger charge is 2.51. The number of rotatable bonds is 16. The van der Waals surface area contributed by atoms with Gasteiger partial charge in [0.25, 0.3) is 0 Å². The predicted octanol–water partition coefficient (Wildman–Crippen LogP) is 1.42. The van der Waals surface area contributed by atoms with Crippen LogP contribution in [0.5, 0.6) is 0 Å². The number of amides is 3. The SMILES string of the molecule is CCCNC(=O)[C@H](CC(=O)N[C@@H]1O[C@H](COC(C)=O)[C@@H](OC(C)=O)[C@H](OC(C)=O)[C@H]1NC(C)=O)NCOCC1c2ccccc2-c2ccccc21. The molecular formula is C36H46N4O11. The second-order valence-corrected chi connectivity index (χ2v) is 12.3. The first kappa shape index (κ1) is 38.9. The summed E-state index contributed by atoms with van der Waals surface area (Å²) < 4.78 is 28.1. The van der Waals surface area contributed by atoms with E-state index in [2.05, 4.69) is 45.5 Å². The average Bonchev–Trinajstić information content (AvgIpc) is 3.39. The van der Waals surface area contributed by atoms with E-state index < -0.39 is 78.9 Å². The Bertz CT molecular complexity index is 1540. The molecule has 1 heterocycles. The van der Waals surface area contributed by atoms with Crippen LogP contribution in [-0.2, 0) is 52.5 Å². The number of hydrogen-bond acceptors (Lipinski definition) is 12. The van der Waals surface area contributed by atoms with Crippen LogP contribution in [0.15, 0.2) is 48.5 Å². The van der Waals surface area contributed by atoms with Crippen molar-refractivity contribution in [3.05, 3.63) is 59.7 Å². The molecule has 51 heavy (non-hydrogen) atoms. The minimum atomic E-state index is -1.36. The molecular weight excluding hydrogens is 664 g/mol. The van der Waals surface area contributed by atoms with E-state index in [1.807, 2.05) is 31.2 Å². The Morgan fingerprint density at radius 2 is 1.39 bits per heavy atom. The van der Waals surface area contributed by atoms with Crippen LogP contribution < -0.4 is 21.3 Å². The topological polar surface area (TPSA) is 197 Å².